The van der Waals surface area contributed by atoms with Gasteiger partial charge in [-0.2, -0.15) is 0 Å². The standard InChI is InChI=1S/C11H16/c1-3-7-10(4-2)11-8-5-6-9-11/h3-4,7-8H,5-6,9H2,1-2H3/b7-3-,10-4+. The SMILES string of the molecule is C/C=C\C(=C/C)C1=CCCC1. The molecule has 1 aliphatic carbocycles. The van der Waals surface area contributed by atoms with Crippen LogP contribution in [0.2, 0.25) is 0 Å². The predicted octanol–water partition coefficient (Wildman–Crippen LogP) is 3.62. The van der Waals surface area contributed by atoms with Gasteiger partial charge in [-0.25, -0.2) is 0 Å². The van der Waals surface area contributed by atoms with Gasteiger partial charge in [-0.05, 0) is 44.3 Å². The first-order valence-corrected chi connectivity index (χ1v) is 4.37. The summed E-state index contributed by atoms with van der Waals surface area (Å²) in [5.41, 5.74) is 2.94. The van der Waals surface area contributed by atoms with Crippen molar-refractivity contribution in [2.24, 2.45) is 0 Å². The van der Waals surface area contributed by atoms with E-state index in [1.807, 2.05) is 0 Å². The van der Waals surface area contributed by atoms with Gasteiger partial charge in [0, 0.05) is 0 Å². The second-order valence-corrected chi connectivity index (χ2v) is 2.87. The molecule has 0 spiro atoms. The Hall–Kier alpha value is -0.780. The quantitative estimate of drug-likeness (QED) is 0.525. The Morgan fingerprint density at radius 1 is 1.45 bits per heavy atom. The summed E-state index contributed by atoms with van der Waals surface area (Å²) in [6, 6.07) is 0. The predicted molar refractivity (Wildman–Crippen MR) is 50.5 cm³/mol. The number of hydrogen-bond donors (Lipinski definition) is 0. The summed E-state index contributed by atoms with van der Waals surface area (Å²) in [6.45, 7) is 4.17. The first kappa shape index (κ1) is 8.32. The minimum atomic E-state index is 1.27. The lowest BCUT2D eigenvalue weighted by molar-refractivity contribution is 0.912. The van der Waals surface area contributed by atoms with E-state index in [-0.39, 0.29) is 0 Å². The van der Waals surface area contributed by atoms with Gasteiger partial charge < -0.3 is 0 Å². The Morgan fingerprint density at radius 2 is 2.27 bits per heavy atom. The van der Waals surface area contributed by atoms with Crippen molar-refractivity contribution in [2.75, 3.05) is 0 Å². The zero-order valence-electron chi connectivity index (χ0n) is 7.43. The van der Waals surface area contributed by atoms with Crippen molar-refractivity contribution in [3.63, 3.8) is 0 Å². The molecule has 0 fully saturated rings. The Bertz CT molecular complexity index is 204. The summed E-state index contributed by atoms with van der Waals surface area (Å²) >= 11 is 0. The van der Waals surface area contributed by atoms with Crippen LogP contribution in [0.5, 0.6) is 0 Å². The van der Waals surface area contributed by atoms with Gasteiger partial charge in [0.2, 0.25) is 0 Å². The van der Waals surface area contributed by atoms with Crippen LogP contribution in [0.4, 0.5) is 0 Å². The van der Waals surface area contributed by atoms with Gasteiger partial charge in [0.1, 0.15) is 0 Å². The highest BCUT2D eigenvalue weighted by atomic mass is 14.1. The van der Waals surface area contributed by atoms with E-state index in [0.29, 0.717) is 0 Å². The average molecular weight is 148 g/mol. The van der Waals surface area contributed by atoms with Gasteiger partial charge in [0.05, 0.1) is 0 Å². The van der Waals surface area contributed by atoms with Crippen LogP contribution in [0.25, 0.3) is 0 Å². The fraction of sp³-hybridized carbons (Fsp3) is 0.455. The van der Waals surface area contributed by atoms with Crippen molar-refractivity contribution in [1.82, 2.24) is 0 Å². The molecule has 0 radical (unpaired) electrons. The molecule has 1 aliphatic rings. The number of hydrogen-bond acceptors (Lipinski definition) is 0. The Kier molecular flexibility index (Phi) is 3.15. The van der Waals surface area contributed by atoms with Crippen LogP contribution < -0.4 is 0 Å². The first-order chi connectivity index (χ1) is 5.38. The van der Waals surface area contributed by atoms with Crippen LogP contribution in [-0.2, 0) is 0 Å². The highest BCUT2D eigenvalue weighted by molar-refractivity contribution is 5.40. The molecule has 0 unspecified atom stereocenters. The molecule has 0 aromatic carbocycles. The molecule has 0 aromatic rings. The van der Waals surface area contributed by atoms with E-state index in [4.69, 9.17) is 0 Å². The molecule has 0 nitrogen and oxygen atoms in total. The fourth-order valence-electron chi connectivity index (χ4n) is 1.50. The van der Waals surface area contributed by atoms with E-state index in [9.17, 15) is 0 Å². The van der Waals surface area contributed by atoms with Gasteiger partial charge in [-0.1, -0.05) is 24.3 Å². The molecule has 0 saturated heterocycles. The van der Waals surface area contributed by atoms with E-state index in [1.165, 1.54) is 30.4 Å². The fourth-order valence-corrected chi connectivity index (χ4v) is 1.50. The van der Waals surface area contributed by atoms with Crippen LogP contribution in [-0.4, -0.2) is 0 Å². The molecule has 0 amide bonds. The van der Waals surface area contributed by atoms with E-state index < -0.39 is 0 Å². The van der Waals surface area contributed by atoms with E-state index in [0.717, 1.165) is 0 Å². The summed E-state index contributed by atoms with van der Waals surface area (Å²) in [5.74, 6) is 0. The van der Waals surface area contributed by atoms with Crippen LogP contribution in [0, 0.1) is 0 Å². The van der Waals surface area contributed by atoms with Crippen molar-refractivity contribution >= 4 is 0 Å². The molecule has 0 saturated carbocycles. The molecular formula is C11H16. The van der Waals surface area contributed by atoms with Crippen molar-refractivity contribution < 1.29 is 0 Å². The summed E-state index contributed by atoms with van der Waals surface area (Å²) in [7, 11) is 0. The van der Waals surface area contributed by atoms with Crippen LogP contribution in [0.3, 0.4) is 0 Å². The highest BCUT2D eigenvalue weighted by Gasteiger charge is 2.05. The van der Waals surface area contributed by atoms with Crippen LogP contribution in [0.1, 0.15) is 33.1 Å². The zero-order valence-corrected chi connectivity index (χ0v) is 7.43. The maximum absolute atomic E-state index is 2.36. The second kappa shape index (κ2) is 4.17. The molecule has 0 heterocycles. The normalized spacial score (nSPS) is 19.5. The third-order valence-electron chi connectivity index (χ3n) is 2.07. The average Bonchev–Trinajstić information content (AvgIpc) is 2.52. The third kappa shape index (κ3) is 2.07. The second-order valence-electron chi connectivity index (χ2n) is 2.87. The largest absolute Gasteiger partial charge is 0.0871 e. The van der Waals surface area contributed by atoms with Gasteiger partial charge in [-0.15, -0.1) is 0 Å². The van der Waals surface area contributed by atoms with Gasteiger partial charge in [-0.3, -0.25) is 0 Å². The summed E-state index contributed by atoms with van der Waals surface area (Å²) in [5, 5.41) is 0. The first-order valence-electron chi connectivity index (χ1n) is 4.37. The molecule has 1 rings (SSSR count). The topological polar surface area (TPSA) is 0 Å². The van der Waals surface area contributed by atoms with E-state index >= 15 is 0 Å². The van der Waals surface area contributed by atoms with Crippen molar-refractivity contribution in [3.05, 3.63) is 35.5 Å². The molecule has 60 valence electrons. The minimum Gasteiger partial charge on any atom is -0.0871 e. The van der Waals surface area contributed by atoms with Gasteiger partial charge in [0.25, 0.3) is 0 Å². The van der Waals surface area contributed by atoms with Crippen LogP contribution in [0.15, 0.2) is 35.5 Å². The van der Waals surface area contributed by atoms with Crippen molar-refractivity contribution in [2.45, 2.75) is 33.1 Å². The summed E-state index contributed by atoms with van der Waals surface area (Å²) in [6.07, 6.45) is 12.7. The Balaban J connectivity index is 2.70. The molecule has 0 aromatic heterocycles. The smallest absolute Gasteiger partial charge is 0.0273 e. The summed E-state index contributed by atoms with van der Waals surface area (Å²) < 4.78 is 0. The third-order valence-corrected chi connectivity index (χ3v) is 2.07. The molecule has 0 heteroatoms. The molecule has 0 N–H and O–H groups in total. The zero-order chi connectivity index (χ0) is 8.10. The maximum atomic E-state index is 2.36. The lowest BCUT2D eigenvalue weighted by atomic mass is 10.1. The lowest BCUT2D eigenvalue weighted by Crippen LogP contribution is -1.80. The molecule has 11 heavy (non-hydrogen) atoms. The lowest BCUT2D eigenvalue weighted by Gasteiger charge is -2.00. The van der Waals surface area contributed by atoms with Crippen molar-refractivity contribution in [1.29, 1.82) is 0 Å². The molecule has 0 atom stereocenters. The Labute approximate surface area is 69.3 Å². The molecular weight excluding hydrogens is 132 g/mol. The van der Waals surface area contributed by atoms with Gasteiger partial charge in [0.15, 0.2) is 0 Å². The summed E-state index contributed by atoms with van der Waals surface area (Å²) in [4.78, 5) is 0. The Morgan fingerprint density at radius 3 is 2.73 bits per heavy atom. The molecule has 0 aliphatic heterocycles. The number of rotatable bonds is 2. The van der Waals surface area contributed by atoms with E-state index in [2.05, 4.69) is 38.2 Å². The number of allylic oxidation sites excluding steroid dienone is 6. The van der Waals surface area contributed by atoms with Crippen molar-refractivity contribution in [3.8, 4) is 0 Å². The van der Waals surface area contributed by atoms with Crippen LogP contribution >= 0.6 is 0 Å². The van der Waals surface area contributed by atoms with Gasteiger partial charge >= 0.3 is 0 Å². The van der Waals surface area contributed by atoms with E-state index in [1.54, 1.807) is 0 Å². The maximum Gasteiger partial charge on any atom is -0.0273 e. The minimum absolute atomic E-state index is 1.27. The molecule has 0 bridgehead atoms. The monoisotopic (exact) mass is 148 g/mol. The highest BCUT2D eigenvalue weighted by Crippen LogP contribution is 2.25.